The van der Waals surface area contributed by atoms with Gasteiger partial charge >= 0.3 is 0 Å². The molecule has 0 aromatic carbocycles. The number of hydrogen-bond acceptors (Lipinski definition) is 2. The first kappa shape index (κ1) is 14.2. The van der Waals surface area contributed by atoms with Gasteiger partial charge in [0.15, 0.2) is 0 Å². The third-order valence-corrected chi connectivity index (χ3v) is 4.36. The lowest BCUT2D eigenvalue weighted by molar-refractivity contribution is 0.368. The molecule has 0 aliphatic heterocycles. The van der Waals surface area contributed by atoms with Gasteiger partial charge in [0, 0.05) is 18.5 Å². The van der Waals surface area contributed by atoms with Crippen molar-refractivity contribution in [3.8, 4) is 0 Å². The van der Waals surface area contributed by atoms with Crippen LogP contribution in [0.4, 0.5) is 0 Å². The molecule has 0 atom stereocenters. The van der Waals surface area contributed by atoms with Crippen LogP contribution in [0.25, 0.3) is 0 Å². The highest BCUT2D eigenvalue weighted by molar-refractivity contribution is 7.89. The van der Waals surface area contributed by atoms with Crippen molar-refractivity contribution in [2.75, 3.05) is 18.2 Å². The minimum Gasteiger partial charge on any atom is -0.212 e. The van der Waals surface area contributed by atoms with E-state index < -0.39 is 10.0 Å². The summed E-state index contributed by atoms with van der Waals surface area (Å²) in [5, 5.41) is 0. The second-order valence-electron chi connectivity index (χ2n) is 4.07. The van der Waals surface area contributed by atoms with E-state index in [0.717, 1.165) is 0 Å². The second kappa shape index (κ2) is 5.93. The molecule has 14 heavy (non-hydrogen) atoms. The number of hydrogen-bond donors (Lipinski definition) is 0. The Kier molecular flexibility index (Phi) is 6.02. The van der Waals surface area contributed by atoms with Crippen molar-refractivity contribution in [3.05, 3.63) is 0 Å². The van der Waals surface area contributed by atoms with E-state index >= 15 is 0 Å². The first-order valence-electron chi connectivity index (χ1n) is 4.86. The van der Waals surface area contributed by atoms with Crippen molar-refractivity contribution in [1.82, 2.24) is 4.31 Å². The van der Waals surface area contributed by atoms with Gasteiger partial charge in [0.05, 0.1) is 5.75 Å². The molecule has 0 aromatic rings. The van der Waals surface area contributed by atoms with Crippen LogP contribution >= 0.6 is 11.6 Å². The van der Waals surface area contributed by atoms with Crippen molar-refractivity contribution < 1.29 is 8.42 Å². The van der Waals surface area contributed by atoms with E-state index in [4.69, 9.17) is 11.6 Å². The van der Waals surface area contributed by atoms with Crippen molar-refractivity contribution >= 4 is 21.6 Å². The molecule has 5 heteroatoms. The summed E-state index contributed by atoms with van der Waals surface area (Å²) in [6.45, 7) is 7.93. The van der Waals surface area contributed by atoms with Gasteiger partial charge in [0.2, 0.25) is 10.0 Å². The quantitative estimate of drug-likeness (QED) is 0.667. The summed E-state index contributed by atoms with van der Waals surface area (Å²) in [6.07, 6.45) is 0. The van der Waals surface area contributed by atoms with Crippen LogP contribution < -0.4 is 0 Å². The zero-order valence-electron chi connectivity index (χ0n) is 9.33. The van der Waals surface area contributed by atoms with Crippen molar-refractivity contribution in [2.24, 2.45) is 5.92 Å². The highest BCUT2D eigenvalue weighted by Gasteiger charge is 2.24. The monoisotopic (exact) mass is 241 g/mol. The third-order valence-electron chi connectivity index (χ3n) is 1.78. The molecule has 0 amide bonds. The Morgan fingerprint density at radius 2 is 1.71 bits per heavy atom. The maximum atomic E-state index is 11.8. The minimum absolute atomic E-state index is 0.0162. The van der Waals surface area contributed by atoms with Gasteiger partial charge < -0.3 is 0 Å². The van der Waals surface area contributed by atoms with Gasteiger partial charge in [-0.3, -0.25) is 0 Å². The number of halogens is 1. The van der Waals surface area contributed by atoms with Gasteiger partial charge in [-0.1, -0.05) is 13.8 Å². The van der Waals surface area contributed by atoms with Gasteiger partial charge in [0.1, 0.15) is 0 Å². The highest BCUT2D eigenvalue weighted by Crippen LogP contribution is 2.11. The molecule has 0 saturated heterocycles. The number of sulfonamides is 1. The molecular formula is C9H20ClNO2S. The molecule has 0 fully saturated rings. The fourth-order valence-corrected chi connectivity index (χ4v) is 3.65. The van der Waals surface area contributed by atoms with Crippen LogP contribution in [-0.4, -0.2) is 36.9 Å². The lowest BCUT2D eigenvalue weighted by atomic mass is 10.3. The van der Waals surface area contributed by atoms with Gasteiger partial charge in [-0.25, -0.2) is 8.42 Å². The lowest BCUT2D eigenvalue weighted by Gasteiger charge is -2.25. The van der Waals surface area contributed by atoms with Crippen molar-refractivity contribution in [1.29, 1.82) is 0 Å². The van der Waals surface area contributed by atoms with Crippen LogP contribution in [0.3, 0.4) is 0 Å². The zero-order chi connectivity index (χ0) is 11.4. The molecule has 0 N–H and O–H groups in total. The van der Waals surface area contributed by atoms with E-state index in [1.54, 1.807) is 0 Å². The topological polar surface area (TPSA) is 37.4 Å². The fourth-order valence-electron chi connectivity index (χ4n) is 1.32. The van der Waals surface area contributed by atoms with Crippen LogP contribution in [-0.2, 0) is 10.0 Å². The molecule has 0 aliphatic rings. The Hall–Kier alpha value is 0.200. The van der Waals surface area contributed by atoms with Gasteiger partial charge in [-0.15, -0.1) is 11.6 Å². The first-order valence-corrected chi connectivity index (χ1v) is 7.01. The molecule has 86 valence electrons. The predicted octanol–water partition coefficient (Wildman–Crippen LogP) is 1.92. The summed E-state index contributed by atoms with van der Waals surface area (Å²) in [5.74, 6) is 0.689. The molecule has 0 heterocycles. The number of nitrogens with zero attached hydrogens (tertiary/aromatic N) is 1. The molecule has 0 radical (unpaired) electrons. The summed E-state index contributed by atoms with van der Waals surface area (Å²) in [7, 11) is -3.13. The van der Waals surface area contributed by atoms with Crippen LogP contribution in [0.5, 0.6) is 0 Å². The minimum atomic E-state index is -3.13. The van der Waals surface area contributed by atoms with E-state index in [1.807, 2.05) is 27.7 Å². The molecule has 3 nitrogen and oxygen atoms in total. The van der Waals surface area contributed by atoms with Gasteiger partial charge in [-0.2, -0.15) is 4.31 Å². The SMILES string of the molecule is CC(C)CS(=O)(=O)N(CCCl)C(C)C. The average molecular weight is 242 g/mol. The maximum absolute atomic E-state index is 11.8. The van der Waals surface area contributed by atoms with E-state index in [-0.39, 0.29) is 17.7 Å². The van der Waals surface area contributed by atoms with Gasteiger partial charge in [-0.05, 0) is 19.8 Å². The molecule has 0 aromatic heterocycles. The van der Waals surface area contributed by atoms with Crippen molar-refractivity contribution in [3.63, 3.8) is 0 Å². The molecule has 0 saturated carbocycles. The number of alkyl halides is 1. The van der Waals surface area contributed by atoms with Crippen LogP contribution in [0.15, 0.2) is 0 Å². The standard InChI is InChI=1S/C9H20ClNO2S/c1-8(2)7-14(12,13)11(6-5-10)9(3)4/h8-9H,5-7H2,1-4H3. The molecular weight excluding hydrogens is 222 g/mol. The molecule has 0 spiro atoms. The van der Waals surface area contributed by atoms with E-state index in [2.05, 4.69) is 0 Å². The second-order valence-corrected chi connectivity index (χ2v) is 6.41. The molecule has 0 bridgehead atoms. The summed E-state index contributed by atoms with van der Waals surface area (Å²) in [4.78, 5) is 0. The largest absolute Gasteiger partial charge is 0.214 e. The molecule has 0 rings (SSSR count). The third kappa shape index (κ3) is 4.62. The predicted molar refractivity (Wildman–Crippen MR) is 61.2 cm³/mol. The maximum Gasteiger partial charge on any atom is 0.214 e. The Labute approximate surface area is 92.5 Å². The van der Waals surface area contributed by atoms with Crippen LogP contribution in [0, 0.1) is 5.92 Å². The normalized spacial score (nSPS) is 13.1. The number of rotatable bonds is 6. The molecule has 0 aliphatic carbocycles. The zero-order valence-corrected chi connectivity index (χ0v) is 10.9. The van der Waals surface area contributed by atoms with Crippen molar-refractivity contribution in [2.45, 2.75) is 33.7 Å². The van der Waals surface area contributed by atoms with E-state index in [0.29, 0.717) is 12.4 Å². The van der Waals surface area contributed by atoms with Crippen LogP contribution in [0.1, 0.15) is 27.7 Å². The average Bonchev–Trinajstić information content (AvgIpc) is 1.96. The smallest absolute Gasteiger partial charge is 0.212 e. The van der Waals surface area contributed by atoms with Gasteiger partial charge in [0.25, 0.3) is 0 Å². The summed E-state index contributed by atoms with van der Waals surface area (Å²) in [6, 6.07) is -0.0162. The van der Waals surface area contributed by atoms with Crippen LogP contribution in [0.2, 0.25) is 0 Å². The Morgan fingerprint density at radius 1 is 1.21 bits per heavy atom. The molecule has 0 unspecified atom stereocenters. The van der Waals surface area contributed by atoms with E-state index in [1.165, 1.54) is 4.31 Å². The Bertz CT molecular complexity index is 250. The van der Waals surface area contributed by atoms with E-state index in [9.17, 15) is 8.42 Å². The fraction of sp³-hybridized carbons (Fsp3) is 1.00. The highest BCUT2D eigenvalue weighted by atomic mass is 35.5. The Morgan fingerprint density at radius 3 is 2.00 bits per heavy atom. The summed E-state index contributed by atoms with van der Waals surface area (Å²) in [5.41, 5.74) is 0. The lowest BCUT2D eigenvalue weighted by Crippen LogP contribution is -2.40. The summed E-state index contributed by atoms with van der Waals surface area (Å²) < 4.78 is 25.2. The Balaban J connectivity index is 4.63. The first-order chi connectivity index (χ1) is 6.31. The summed E-state index contributed by atoms with van der Waals surface area (Å²) >= 11 is 5.58.